The van der Waals surface area contributed by atoms with Crippen LogP contribution in [0.2, 0.25) is 0 Å². The first-order valence-electron chi connectivity index (χ1n) is 27.7. The normalized spacial score (nSPS) is 21.9. The van der Waals surface area contributed by atoms with Crippen molar-refractivity contribution in [1.82, 2.24) is 16.0 Å². The van der Waals surface area contributed by atoms with Gasteiger partial charge < -0.3 is 40.1 Å². The van der Waals surface area contributed by atoms with Crippen LogP contribution in [0.5, 0.6) is 0 Å². The number of ether oxygens (including phenoxy) is 5. The Morgan fingerprint density at radius 3 is 1.39 bits per heavy atom. The quantitative estimate of drug-likeness (QED) is 0.0481. The number of carbonyl (C=O) groups is 4. The number of amidine groups is 2. The van der Waals surface area contributed by atoms with Gasteiger partial charge in [0.25, 0.3) is 29.8 Å². The van der Waals surface area contributed by atoms with Crippen molar-refractivity contribution in [3.05, 3.63) is 176 Å². The molecule has 16 nitrogen and oxygen atoms in total. The van der Waals surface area contributed by atoms with Crippen LogP contribution in [0.1, 0.15) is 97.7 Å². The van der Waals surface area contributed by atoms with Gasteiger partial charge in [0, 0.05) is 89.0 Å². The Hall–Kier alpha value is -8.26. The largest absolute Gasteiger partial charge is 0.468 e. The van der Waals surface area contributed by atoms with Gasteiger partial charge in [0.1, 0.15) is 54.1 Å². The van der Waals surface area contributed by atoms with Crippen LogP contribution < -0.4 is 21.7 Å². The van der Waals surface area contributed by atoms with Gasteiger partial charge in [-0.15, -0.1) is 0 Å². The highest BCUT2D eigenvalue weighted by Gasteiger charge is 2.55. The van der Waals surface area contributed by atoms with E-state index < -0.39 is 175 Å². The monoisotopic (exact) mass is 1400 g/mol. The highest BCUT2D eigenvalue weighted by molar-refractivity contribution is 9.10. The minimum atomic E-state index is -4.99. The molecule has 0 radical (unpaired) electrons. The van der Waals surface area contributed by atoms with E-state index >= 15 is 0 Å². The topological polar surface area (TPSA) is 214 Å². The second-order valence-electron chi connectivity index (χ2n) is 21.4. The van der Waals surface area contributed by atoms with Crippen molar-refractivity contribution in [3.8, 4) is 0 Å². The van der Waals surface area contributed by atoms with Gasteiger partial charge in [0.15, 0.2) is 30.0 Å². The number of benzene rings is 5. The SMILES string of the molecule is COC[C@H](C)NC(=O)c1ccc(F)c([C@]2(CF)C[C@@H](C(F)(F)F)OC(N)=N2)c1.COC[C@H](C)NC(=O)c1ccc(F)c([C@]2(CF)C[C@@H](C(F)(F)F)OC(NC(=O)c3ccccc3)=N2)c1.O=C(CC1=N[C@](CF)(c2cc(Br)ccc2F)C[C@@H](C(F)(F)F)O1)c1ccccc1. The Labute approximate surface area is 529 Å². The van der Waals surface area contributed by atoms with Crippen molar-refractivity contribution in [2.75, 3.05) is 47.5 Å². The molecule has 3 heterocycles. The number of methoxy groups -OCH3 is 2. The van der Waals surface area contributed by atoms with Gasteiger partial charge in [-0.3, -0.25) is 24.5 Å². The number of hydrogen-bond acceptors (Lipinski definition) is 13. The Bertz CT molecular complexity index is 3530. The molecular formula is C61H59BrF15N7O9. The summed E-state index contributed by atoms with van der Waals surface area (Å²) in [6.45, 7) is -0.729. The van der Waals surface area contributed by atoms with Crippen molar-refractivity contribution in [2.24, 2.45) is 20.7 Å². The van der Waals surface area contributed by atoms with Crippen molar-refractivity contribution in [3.63, 3.8) is 0 Å². The van der Waals surface area contributed by atoms with Crippen LogP contribution in [0, 0.1) is 17.5 Å². The van der Waals surface area contributed by atoms with Gasteiger partial charge in [-0.2, -0.15) is 39.5 Å². The summed E-state index contributed by atoms with van der Waals surface area (Å²) in [6, 6.07) is 22.1. The number of nitrogens with zero attached hydrogens (tertiary/aromatic N) is 3. The van der Waals surface area contributed by atoms with Crippen LogP contribution in [0.3, 0.4) is 0 Å². The molecule has 504 valence electrons. The van der Waals surface area contributed by atoms with Crippen molar-refractivity contribution in [2.45, 2.75) is 105 Å². The molecule has 3 aliphatic rings. The number of carbonyl (C=O) groups excluding carboxylic acids is 4. The zero-order valence-corrected chi connectivity index (χ0v) is 50.9. The number of halogens is 16. The molecule has 0 aliphatic carbocycles. The van der Waals surface area contributed by atoms with Crippen LogP contribution in [0.4, 0.5) is 65.9 Å². The fourth-order valence-corrected chi connectivity index (χ4v) is 10.1. The van der Waals surface area contributed by atoms with Gasteiger partial charge in [-0.05, 0) is 80.6 Å². The van der Waals surface area contributed by atoms with E-state index in [1.54, 1.807) is 38.1 Å². The highest BCUT2D eigenvalue weighted by atomic mass is 79.9. The van der Waals surface area contributed by atoms with Crippen molar-refractivity contribution >= 4 is 57.4 Å². The summed E-state index contributed by atoms with van der Waals surface area (Å²) in [6.07, 6.45) is -25.8. The molecule has 8 rings (SSSR count). The van der Waals surface area contributed by atoms with E-state index in [1.807, 2.05) is 0 Å². The number of ketones is 1. The fraction of sp³-hybridized carbons (Fsp3) is 0.393. The molecule has 3 aliphatic heterocycles. The van der Waals surface area contributed by atoms with E-state index in [0.29, 0.717) is 4.47 Å². The Kier molecular flexibility index (Phi) is 24.7. The van der Waals surface area contributed by atoms with E-state index in [2.05, 4.69) is 51.6 Å². The van der Waals surface area contributed by atoms with Crippen LogP contribution in [0.25, 0.3) is 0 Å². The molecule has 0 spiro atoms. The van der Waals surface area contributed by atoms with Gasteiger partial charge in [0.2, 0.25) is 0 Å². The molecule has 0 unspecified atom stereocenters. The maximum absolute atomic E-state index is 14.9. The molecule has 5 N–H and O–H groups in total. The Morgan fingerprint density at radius 1 is 0.548 bits per heavy atom. The summed E-state index contributed by atoms with van der Waals surface area (Å²) in [5, 5.41) is 7.26. The Balaban J connectivity index is 0.000000224. The Morgan fingerprint density at radius 2 is 0.946 bits per heavy atom. The standard InChI is InChI=1S/C24H24F5N3O4.C20H15BrF5NO2.C17H20F5N3O3/c1-14(12-35-2)30-21(34)16-8-9-18(26)17(10-16)23(13-25)11-19(24(27,28)29)36-22(32-23)31-20(33)15-6-4-3-5-7-15;21-13-6-7-15(23)14(8-13)19(11-22)10-17(20(24,25)26)29-18(27-19)9-16(28)12-4-2-1-3-5-12;1-9(7-27-2)24-14(26)10-3-4-12(19)11(5-10)16(8-18)6-13(17(20,21)22)28-15(23)25-16/h3-10,14,19H,11-13H2,1-2H3,(H,30,34)(H,31,32,33);1-8,17H,9-11H2;3-5,9,13H,6-8H2,1-2H3,(H2,23,25)(H,24,26)/t14-,19-,23+;17-,19+;9-,13-,16+/m000/s1. The van der Waals surface area contributed by atoms with E-state index in [4.69, 9.17) is 24.7 Å². The average Bonchev–Trinajstić information content (AvgIpc) is 0.775. The number of hydrogen-bond donors (Lipinski definition) is 4. The van der Waals surface area contributed by atoms with Crippen LogP contribution >= 0.6 is 15.9 Å². The smallest absolute Gasteiger partial charge is 0.425 e. The van der Waals surface area contributed by atoms with Gasteiger partial charge in [-0.25, -0.2) is 41.3 Å². The lowest BCUT2D eigenvalue weighted by molar-refractivity contribution is -0.209. The number of rotatable bonds is 18. The third kappa shape index (κ3) is 19.0. The molecule has 5 aromatic carbocycles. The van der Waals surface area contributed by atoms with E-state index in [1.165, 1.54) is 62.8 Å². The van der Waals surface area contributed by atoms with Crippen LogP contribution in [0.15, 0.2) is 135 Å². The summed E-state index contributed by atoms with van der Waals surface area (Å²) in [5.41, 5.74) is -2.84. The average molecular weight is 1400 g/mol. The number of alkyl halides is 12. The maximum atomic E-state index is 14.9. The first-order valence-corrected chi connectivity index (χ1v) is 28.5. The van der Waals surface area contributed by atoms with Gasteiger partial charge >= 0.3 is 18.5 Å². The zero-order chi connectivity index (χ0) is 68.9. The third-order valence-corrected chi connectivity index (χ3v) is 14.7. The second kappa shape index (κ2) is 31.1. The summed E-state index contributed by atoms with van der Waals surface area (Å²) in [5.74, 6) is -6.27. The lowest BCUT2D eigenvalue weighted by Crippen LogP contribution is -2.50. The second-order valence-corrected chi connectivity index (χ2v) is 22.3. The van der Waals surface area contributed by atoms with Gasteiger partial charge in [0.05, 0.1) is 19.6 Å². The lowest BCUT2D eigenvalue weighted by atomic mass is 9.84. The first-order chi connectivity index (χ1) is 43.6. The van der Waals surface area contributed by atoms with E-state index in [0.717, 1.165) is 42.5 Å². The van der Waals surface area contributed by atoms with Crippen molar-refractivity contribution in [1.29, 1.82) is 0 Å². The highest BCUT2D eigenvalue weighted by Crippen LogP contribution is 2.46. The predicted octanol–water partition coefficient (Wildman–Crippen LogP) is 12.1. The number of nitrogens with one attached hydrogen (secondary N) is 3. The van der Waals surface area contributed by atoms with Crippen LogP contribution in [-0.4, -0.2) is 138 Å². The zero-order valence-electron chi connectivity index (χ0n) is 49.4. The number of aliphatic imine (C=N–C) groups is 3. The molecule has 0 saturated carbocycles. The van der Waals surface area contributed by atoms with E-state index in [9.17, 15) is 85.0 Å². The molecular weight excluding hydrogens is 1340 g/mol. The van der Waals surface area contributed by atoms with Crippen molar-refractivity contribution < 1.29 is 109 Å². The molecule has 32 heteroatoms. The fourth-order valence-electron chi connectivity index (χ4n) is 9.74. The number of amides is 3. The maximum Gasteiger partial charge on any atom is 0.425 e. The third-order valence-electron chi connectivity index (χ3n) is 14.2. The molecule has 93 heavy (non-hydrogen) atoms. The molecule has 0 bridgehead atoms. The molecule has 3 amide bonds. The molecule has 8 atom stereocenters. The predicted molar refractivity (Wildman–Crippen MR) is 310 cm³/mol. The summed E-state index contributed by atoms with van der Waals surface area (Å²) < 4.78 is 231. The van der Waals surface area contributed by atoms with Gasteiger partial charge in [-0.1, -0.05) is 64.5 Å². The minimum absolute atomic E-state index is 0.0731. The number of Topliss-reactive ketones (excluding diaryl/α,β-unsaturated/α-hetero) is 1. The van der Waals surface area contributed by atoms with Crippen LogP contribution in [-0.2, 0) is 40.3 Å². The summed E-state index contributed by atoms with van der Waals surface area (Å²) in [7, 11) is 2.87. The molecule has 0 fully saturated rings. The molecule has 0 saturated heterocycles. The summed E-state index contributed by atoms with van der Waals surface area (Å²) >= 11 is 3.11. The van der Waals surface area contributed by atoms with E-state index in [-0.39, 0.29) is 47.1 Å². The minimum Gasteiger partial charge on any atom is -0.468 e. The number of nitrogens with two attached hydrogens (primary N) is 1. The first kappa shape index (κ1) is 73.8. The molecule has 5 aromatic rings. The lowest BCUT2D eigenvalue weighted by Gasteiger charge is -2.37. The molecule has 0 aromatic heterocycles. The summed E-state index contributed by atoms with van der Waals surface area (Å²) in [4.78, 5) is 61.3.